The SMILES string of the molecule is N[C@H](CCC(=O)N[C@@H](CSCc1ccc([N+](=O)[O-])cc1)C(=O)NCC(=O)O)C(=O)O. The third-order valence-electron chi connectivity index (χ3n) is 3.77. The molecule has 0 aromatic heterocycles. The largest absolute Gasteiger partial charge is 0.480 e. The van der Waals surface area contributed by atoms with Crippen LogP contribution in [0, 0.1) is 10.1 Å². The van der Waals surface area contributed by atoms with Crippen molar-refractivity contribution in [3.05, 3.63) is 39.9 Å². The molecule has 1 rings (SSSR count). The molecule has 0 saturated carbocycles. The van der Waals surface area contributed by atoms with Crippen LogP contribution in [0.25, 0.3) is 0 Å². The van der Waals surface area contributed by atoms with Gasteiger partial charge < -0.3 is 26.6 Å². The molecule has 164 valence electrons. The van der Waals surface area contributed by atoms with Gasteiger partial charge in [-0.1, -0.05) is 12.1 Å². The second-order valence-electron chi connectivity index (χ2n) is 6.15. The van der Waals surface area contributed by atoms with Gasteiger partial charge in [-0.15, -0.1) is 0 Å². The average Bonchev–Trinajstić information content (AvgIpc) is 2.69. The molecule has 1 aromatic rings. The maximum absolute atomic E-state index is 12.2. The molecular formula is C17H22N4O8S. The summed E-state index contributed by atoms with van der Waals surface area (Å²) in [4.78, 5) is 55.7. The lowest BCUT2D eigenvalue weighted by Crippen LogP contribution is -2.49. The molecule has 13 heteroatoms. The maximum Gasteiger partial charge on any atom is 0.322 e. The van der Waals surface area contributed by atoms with Gasteiger partial charge in [0.25, 0.3) is 5.69 Å². The minimum Gasteiger partial charge on any atom is -0.480 e. The molecule has 0 aliphatic rings. The topological polar surface area (TPSA) is 202 Å². The number of carboxylic acids is 2. The number of aliphatic carboxylic acids is 2. The molecule has 30 heavy (non-hydrogen) atoms. The number of hydrogen-bond acceptors (Lipinski definition) is 8. The van der Waals surface area contributed by atoms with E-state index in [-0.39, 0.29) is 24.3 Å². The Morgan fingerprint density at radius 3 is 2.33 bits per heavy atom. The van der Waals surface area contributed by atoms with E-state index in [0.29, 0.717) is 5.75 Å². The number of nitrogens with zero attached hydrogens (tertiary/aromatic N) is 1. The molecule has 0 fully saturated rings. The number of hydrogen-bond donors (Lipinski definition) is 5. The Labute approximate surface area is 175 Å². The highest BCUT2D eigenvalue weighted by molar-refractivity contribution is 7.98. The Hall–Kier alpha value is -3.19. The van der Waals surface area contributed by atoms with Gasteiger partial charge in [0.1, 0.15) is 18.6 Å². The van der Waals surface area contributed by atoms with Crippen LogP contribution in [0.5, 0.6) is 0 Å². The van der Waals surface area contributed by atoms with Crippen molar-refractivity contribution in [2.45, 2.75) is 30.7 Å². The first-order valence-corrected chi connectivity index (χ1v) is 9.84. The van der Waals surface area contributed by atoms with E-state index in [1.807, 2.05) is 0 Å². The number of non-ortho nitro benzene ring substituents is 1. The van der Waals surface area contributed by atoms with E-state index in [0.717, 1.165) is 5.56 Å². The van der Waals surface area contributed by atoms with Gasteiger partial charge in [-0.3, -0.25) is 29.3 Å². The standard InChI is InChI=1S/C17H22N4O8S/c18-12(17(26)27)5-6-14(22)20-13(16(25)19-7-15(23)24)9-30-8-10-1-3-11(4-2-10)21(28)29/h1-4,12-13H,5-9,18H2,(H,19,25)(H,20,22)(H,23,24)(H,26,27)/t12-,13+/m1/s1. The summed E-state index contributed by atoms with van der Waals surface area (Å²) < 4.78 is 0. The molecule has 0 radical (unpaired) electrons. The van der Waals surface area contributed by atoms with Gasteiger partial charge in [-0.05, 0) is 12.0 Å². The molecular weight excluding hydrogens is 420 g/mol. The Morgan fingerprint density at radius 1 is 1.17 bits per heavy atom. The molecule has 0 aliphatic carbocycles. The molecule has 2 amide bonds. The van der Waals surface area contributed by atoms with Crippen LogP contribution in [-0.4, -0.2) is 63.3 Å². The molecule has 0 unspecified atom stereocenters. The first-order chi connectivity index (χ1) is 14.1. The van der Waals surface area contributed by atoms with E-state index in [9.17, 15) is 29.3 Å². The molecule has 0 spiro atoms. The molecule has 2 atom stereocenters. The van der Waals surface area contributed by atoms with Gasteiger partial charge in [0.05, 0.1) is 4.92 Å². The normalized spacial score (nSPS) is 12.4. The summed E-state index contributed by atoms with van der Waals surface area (Å²) in [5.41, 5.74) is 6.04. The van der Waals surface area contributed by atoms with Crippen LogP contribution in [0.4, 0.5) is 5.69 Å². The fraction of sp³-hybridized carbons (Fsp3) is 0.412. The maximum atomic E-state index is 12.2. The van der Waals surface area contributed by atoms with E-state index in [1.54, 1.807) is 12.1 Å². The zero-order chi connectivity index (χ0) is 22.7. The quantitative estimate of drug-likeness (QED) is 0.199. The number of nitro benzene ring substituents is 1. The van der Waals surface area contributed by atoms with Crippen LogP contribution in [-0.2, 0) is 24.9 Å². The summed E-state index contributed by atoms with van der Waals surface area (Å²) >= 11 is 1.25. The predicted octanol–water partition coefficient (Wildman–Crippen LogP) is -0.294. The number of thioether (sulfide) groups is 1. The predicted molar refractivity (Wildman–Crippen MR) is 107 cm³/mol. The number of rotatable bonds is 13. The van der Waals surface area contributed by atoms with E-state index in [2.05, 4.69) is 10.6 Å². The summed E-state index contributed by atoms with van der Waals surface area (Å²) in [7, 11) is 0. The number of carbonyl (C=O) groups is 4. The number of carbonyl (C=O) groups excluding carboxylic acids is 2. The number of nitrogens with two attached hydrogens (primary N) is 1. The van der Waals surface area contributed by atoms with Gasteiger partial charge >= 0.3 is 11.9 Å². The Kier molecular flexibility index (Phi) is 10.3. The molecule has 6 N–H and O–H groups in total. The highest BCUT2D eigenvalue weighted by Crippen LogP contribution is 2.17. The molecule has 12 nitrogen and oxygen atoms in total. The highest BCUT2D eigenvalue weighted by atomic mass is 32.2. The van der Waals surface area contributed by atoms with Gasteiger partial charge in [0.15, 0.2) is 0 Å². The lowest BCUT2D eigenvalue weighted by atomic mass is 10.1. The molecule has 0 heterocycles. The second-order valence-corrected chi connectivity index (χ2v) is 7.18. The minimum absolute atomic E-state index is 0.0542. The average molecular weight is 442 g/mol. The Bertz CT molecular complexity index is 786. The number of benzene rings is 1. The Morgan fingerprint density at radius 2 is 1.80 bits per heavy atom. The molecule has 0 bridgehead atoms. The van der Waals surface area contributed by atoms with Crippen molar-refractivity contribution in [1.82, 2.24) is 10.6 Å². The van der Waals surface area contributed by atoms with Crippen LogP contribution in [0.3, 0.4) is 0 Å². The molecule has 0 aliphatic heterocycles. The summed E-state index contributed by atoms with van der Waals surface area (Å²) in [6.45, 7) is -0.623. The third kappa shape index (κ3) is 9.34. The van der Waals surface area contributed by atoms with E-state index in [1.165, 1.54) is 23.9 Å². The lowest BCUT2D eigenvalue weighted by Gasteiger charge is -2.18. The lowest BCUT2D eigenvalue weighted by molar-refractivity contribution is -0.384. The summed E-state index contributed by atoms with van der Waals surface area (Å²) in [6.07, 6.45) is -0.343. The van der Waals surface area contributed by atoms with Crippen LogP contribution >= 0.6 is 11.8 Å². The summed E-state index contributed by atoms with van der Waals surface area (Å²) in [6, 6.07) is 3.56. The van der Waals surface area contributed by atoms with Crippen molar-refractivity contribution >= 4 is 41.2 Å². The van der Waals surface area contributed by atoms with E-state index >= 15 is 0 Å². The first-order valence-electron chi connectivity index (χ1n) is 8.68. The Balaban J connectivity index is 2.64. The van der Waals surface area contributed by atoms with E-state index < -0.39 is 47.3 Å². The number of amides is 2. The molecule has 0 saturated heterocycles. The zero-order valence-electron chi connectivity index (χ0n) is 15.8. The van der Waals surface area contributed by atoms with Crippen LogP contribution < -0.4 is 16.4 Å². The van der Waals surface area contributed by atoms with Crippen molar-refractivity contribution < 1.29 is 34.3 Å². The van der Waals surface area contributed by atoms with Crippen LogP contribution in [0.1, 0.15) is 18.4 Å². The van der Waals surface area contributed by atoms with Crippen molar-refractivity contribution in [2.24, 2.45) is 5.73 Å². The van der Waals surface area contributed by atoms with Gasteiger partial charge in [-0.2, -0.15) is 11.8 Å². The monoisotopic (exact) mass is 442 g/mol. The second kappa shape index (κ2) is 12.4. The van der Waals surface area contributed by atoms with Crippen LogP contribution in [0.2, 0.25) is 0 Å². The third-order valence-corrected chi connectivity index (χ3v) is 4.87. The minimum atomic E-state index is -1.25. The van der Waals surface area contributed by atoms with Crippen molar-refractivity contribution in [3.63, 3.8) is 0 Å². The fourth-order valence-electron chi connectivity index (χ4n) is 2.15. The summed E-state index contributed by atoms with van der Waals surface area (Å²) in [5, 5.41) is 32.7. The highest BCUT2D eigenvalue weighted by Gasteiger charge is 2.22. The van der Waals surface area contributed by atoms with Gasteiger partial charge in [0, 0.05) is 30.1 Å². The van der Waals surface area contributed by atoms with Crippen molar-refractivity contribution in [3.8, 4) is 0 Å². The molecule has 1 aromatic carbocycles. The van der Waals surface area contributed by atoms with Crippen molar-refractivity contribution in [1.29, 1.82) is 0 Å². The van der Waals surface area contributed by atoms with E-state index in [4.69, 9.17) is 15.9 Å². The summed E-state index contributed by atoms with van der Waals surface area (Å²) in [5.74, 6) is -3.32. The van der Waals surface area contributed by atoms with Crippen LogP contribution in [0.15, 0.2) is 24.3 Å². The first kappa shape index (κ1) is 24.8. The van der Waals surface area contributed by atoms with Gasteiger partial charge in [0.2, 0.25) is 11.8 Å². The van der Waals surface area contributed by atoms with Gasteiger partial charge in [-0.25, -0.2) is 0 Å². The number of carboxylic acid groups (broad SMARTS) is 2. The number of nitro groups is 1. The fourth-order valence-corrected chi connectivity index (χ4v) is 3.17. The zero-order valence-corrected chi connectivity index (χ0v) is 16.6. The smallest absolute Gasteiger partial charge is 0.322 e. The number of nitrogens with one attached hydrogen (secondary N) is 2. The van der Waals surface area contributed by atoms with Crippen molar-refractivity contribution in [2.75, 3.05) is 12.3 Å².